The molecule has 1 rings (SSSR count). The van der Waals surface area contributed by atoms with Gasteiger partial charge in [0.15, 0.2) is 0 Å². The van der Waals surface area contributed by atoms with E-state index in [4.69, 9.17) is 4.74 Å². The lowest BCUT2D eigenvalue weighted by Crippen LogP contribution is -2.22. The molecule has 0 saturated heterocycles. The number of hydrogen-bond acceptors (Lipinski definition) is 3. The first kappa shape index (κ1) is 13.6. The molecule has 0 aliphatic heterocycles. The number of rotatable bonds is 8. The number of benzene rings is 1. The SMILES string of the molecule is CCOCCNCCSc1cccc(C)c1. The van der Waals surface area contributed by atoms with Gasteiger partial charge in [-0.2, -0.15) is 0 Å². The Bertz CT molecular complexity index is 291. The van der Waals surface area contributed by atoms with Gasteiger partial charge in [-0.15, -0.1) is 11.8 Å². The normalized spacial score (nSPS) is 10.6. The van der Waals surface area contributed by atoms with Crippen LogP contribution in [0.5, 0.6) is 0 Å². The molecule has 90 valence electrons. The summed E-state index contributed by atoms with van der Waals surface area (Å²) in [7, 11) is 0. The predicted molar refractivity (Wildman–Crippen MR) is 71.3 cm³/mol. The second-order valence-corrected chi connectivity index (χ2v) is 4.78. The highest BCUT2D eigenvalue weighted by atomic mass is 32.2. The Morgan fingerprint density at radius 3 is 2.94 bits per heavy atom. The first-order valence-electron chi connectivity index (χ1n) is 5.81. The van der Waals surface area contributed by atoms with E-state index in [9.17, 15) is 0 Å². The average molecular weight is 239 g/mol. The third-order valence-electron chi connectivity index (χ3n) is 2.16. The third kappa shape index (κ3) is 6.16. The van der Waals surface area contributed by atoms with Gasteiger partial charge in [0.1, 0.15) is 0 Å². The van der Waals surface area contributed by atoms with Gasteiger partial charge in [0.2, 0.25) is 0 Å². The smallest absolute Gasteiger partial charge is 0.0590 e. The van der Waals surface area contributed by atoms with Crippen LogP contribution in [0.25, 0.3) is 0 Å². The fourth-order valence-electron chi connectivity index (χ4n) is 1.36. The minimum atomic E-state index is 0.805. The van der Waals surface area contributed by atoms with E-state index in [-0.39, 0.29) is 0 Å². The van der Waals surface area contributed by atoms with Crippen molar-refractivity contribution < 1.29 is 4.74 Å². The summed E-state index contributed by atoms with van der Waals surface area (Å²) in [6.07, 6.45) is 0. The minimum absolute atomic E-state index is 0.805. The van der Waals surface area contributed by atoms with Crippen molar-refractivity contribution in [3.63, 3.8) is 0 Å². The summed E-state index contributed by atoms with van der Waals surface area (Å²) in [6, 6.07) is 8.63. The third-order valence-corrected chi connectivity index (χ3v) is 3.16. The Kier molecular flexibility index (Phi) is 7.30. The number of thioether (sulfide) groups is 1. The molecule has 0 amide bonds. The second kappa shape index (κ2) is 8.62. The Hall–Kier alpha value is -0.510. The van der Waals surface area contributed by atoms with E-state index in [2.05, 4.69) is 36.5 Å². The van der Waals surface area contributed by atoms with Crippen molar-refractivity contribution in [2.75, 3.05) is 32.1 Å². The Morgan fingerprint density at radius 1 is 1.31 bits per heavy atom. The quantitative estimate of drug-likeness (QED) is 0.557. The lowest BCUT2D eigenvalue weighted by molar-refractivity contribution is 0.150. The van der Waals surface area contributed by atoms with Crippen molar-refractivity contribution in [1.29, 1.82) is 0 Å². The molecule has 3 heteroatoms. The molecule has 0 saturated carbocycles. The first-order valence-corrected chi connectivity index (χ1v) is 6.79. The summed E-state index contributed by atoms with van der Waals surface area (Å²) in [4.78, 5) is 1.35. The molecule has 1 N–H and O–H groups in total. The molecule has 0 radical (unpaired) electrons. The van der Waals surface area contributed by atoms with Gasteiger partial charge in [-0.05, 0) is 26.0 Å². The van der Waals surface area contributed by atoms with E-state index in [1.54, 1.807) is 0 Å². The van der Waals surface area contributed by atoms with E-state index in [1.807, 2.05) is 18.7 Å². The van der Waals surface area contributed by atoms with Crippen LogP contribution in [-0.2, 0) is 4.74 Å². The lowest BCUT2D eigenvalue weighted by atomic mass is 10.2. The molecule has 0 aromatic heterocycles. The van der Waals surface area contributed by atoms with Gasteiger partial charge in [0, 0.05) is 30.3 Å². The van der Waals surface area contributed by atoms with Crippen molar-refractivity contribution in [2.24, 2.45) is 0 Å². The standard InChI is InChI=1S/C13H21NOS/c1-3-15-9-7-14-8-10-16-13-6-4-5-12(2)11-13/h4-6,11,14H,3,7-10H2,1-2H3. The molecular formula is C13H21NOS. The maximum atomic E-state index is 5.24. The summed E-state index contributed by atoms with van der Waals surface area (Å²) in [5, 5.41) is 3.36. The fraction of sp³-hybridized carbons (Fsp3) is 0.538. The largest absolute Gasteiger partial charge is 0.380 e. The van der Waals surface area contributed by atoms with Crippen LogP contribution in [0, 0.1) is 6.92 Å². The fourth-order valence-corrected chi connectivity index (χ4v) is 2.29. The van der Waals surface area contributed by atoms with E-state index < -0.39 is 0 Å². The van der Waals surface area contributed by atoms with Gasteiger partial charge in [0.25, 0.3) is 0 Å². The first-order chi connectivity index (χ1) is 7.83. The van der Waals surface area contributed by atoms with Crippen molar-refractivity contribution >= 4 is 11.8 Å². The molecule has 1 aromatic rings. The minimum Gasteiger partial charge on any atom is -0.380 e. The second-order valence-electron chi connectivity index (χ2n) is 3.61. The van der Waals surface area contributed by atoms with E-state index in [1.165, 1.54) is 10.5 Å². The van der Waals surface area contributed by atoms with Gasteiger partial charge >= 0.3 is 0 Å². The Labute approximate surface area is 103 Å². The highest BCUT2D eigenvalue weighted by Gasteiger charge is 1.94. The highest BCUT2D eigenvalue weighted by molar-refractivity contribution is 7.99. The number of ether oxygens (including phenoxy) is 1. The van der Waals surface area contributed by atoms with Gasteiger partial charge < -0.3 is 10.1 Å². The zero-order chi connectivity index (χ0) is 11.6. The topological polar surface area (TPSA) is 21.3 Å². The Balaban J connectivity index is 2.03. The number of hydrogen-bond donors (Lipinski definition) is 1. The molecule has 1 aromatic carbocycles. The molecule has 0 atom stereocenters. The van der Waals surface area contributed by atoms with Crippen LogP contribution in [-0.4, -0.2) is 32.1 Å². The predicted octanol–water partition coefficient (Wildman–Crippen LogP) is 2.71. The maximum Gasteiger partial charge on any atom is 0.0590 e. The van der Waals surface area contributed by atoms with Gasteiger partial charge in [-0.1, -0.05) is 17.7 Å². The molecule has 0 aliphatic carbocycles. The molecule has 0 aliphatic rings. The zero-order valence-electron chi connectivity index (χ0n) is 10.2. The molecule has 0 unspecified atom stereocenters. The summed E-state index contributed by atoms with van der Waals surface area (Å²) in [5.74, 6) is 1.11. The highest BCUT2D eigenvalue weighted by Crippen LogP contribution is 2.17. The van der Waals surface area contributed by atoms with Gasteiger partial charge in [0.05, 0.1) is 6.61 Å². The maximum absolute atomic E-state index is 5.24. The van der Waals surface area contributed by atoms with Crippen LogP contribution < -0.4 is 5.32 Å². The van der Waals surface area contributed by atoms with Crippen LogP contribution in [0.3, 0.4) is 0 Å². The van der Waals surface area contributed by atoms with Crippen LogP contribution in [0.4, 0.5) is 0 Å². The van der Waals surface area contributed by atoms with E-state index >= 15 is 0 Å². The van der Waals surface area contributed by atoms with E-state index in [0.29, 0.717) is 0 Å². The number of nitrogens with one attached hydrogen (secondary N) is 1. The summed E-state index contributed by atoms with van der Waals surface area (Å²) in [6.45, 7) is 7.75. The molecule has 16 heavy (non-hydrogen) atoms. The van der Waals surface area contributed by atoms with Gasteiger partial charge in [-0.3, -0.25) is 0 Å². The van der Waals surface area contributed by atoms with Crippen molar-refractivity contribution in [3.8, 4) is 0 Å². The lowest BCUT2D eigenvalue weighted by Gasteiger charge is -2.05. The average Bonchev–Trinajstić information content (AvgIpc) is 2.28. The molecular weight excluding hydrogens is 218 g/mol. The van der Waals surface area contributed by atoms with Crippen molar-refractivity contribution in [1.82, 2.24) is 5.32 Å². The van der Waals surface area contributed by atoms with E-state index in [0.717, 1.165) is 32.1 Å². The van der Waals surface area contributed by atoms with Crippen LogP contribution in [0.15, 0.2) is 29.2 Å². The van der Waals surface area contributed by atoms with Gasteiger partial charge in [-0.25, -0.2) is 0 Å². The molecule has 0 heterocycles. The molecule has 0 bridgehead atoms. The summed E-state index contributed by atoms with van der Waals surface area (Å²) < 4.78 is 5.24. The number of aryl methyl sites for hydroxylation is 1. The molecule has 2 nitrogen and oxygen atoms in total. The van der Waals surface area contributed by atoms with Crippen LogP contribution >= 0.6 is 11.8 Å². The summed E-state index contributed by atoms with van der Waals surface area (Å²) in [5.41, 5.74) is 1.33. The Morgan fingerprint density at radius 2 is 2.19 bits per heavy atom. The molecule has 0 spiro atoms. The van der Waals surface area contributed by atoms with Crippen LogP contribution in [0.2, 0.25) is 0 Å². The van der Waals surface area contributed by atoms with Crippen LogP contribution in [0.1, 0.15) is 12.5 Å². The van der Waals surface area contributed by atoms with Crippen molar-refractivity contribution in [2.45, 2.75) is 18.7 Å². The molecule has 0 fully saturated rings. The summed E-state index contributed by atoms with van der Waals surface area (Å²) >= 11 is 1.90. The monoisotopic (exact) mass is 239 g/mol. The van der Waals surface area contributed by atoms with Crippen molar-refractivity contribution in [3.05, 3.63) is 29.8 Å². The zero-order valence-corrected chi connectivity index (χ0v) is 11.0.